The molecule has 0 bridgehead atoms. The molecule has 0 heterocycles. The minimum atomic E-state index is -3.04. The van der Waals surface area contributed by atoms with Crippen LogP contribution in [0.15, 0.2) is 0 Å². The molecule has 0 fully saturated rings. The molecule has 0 amide bonds. The maximum absolute atomic E-state index is 9.47. The van der Waals surface area contributed by atoms with E-state index in [1.165, 1.54) is 0 Å². The van der Waals surface area contributed by atoms with E-state index in [4.69, 9.17) is 0 Å². The minimum absolute atomic E-state index is 2.26. The Hall–Kier alpha value is 0.910. The molecule has 0 aliphatic rings. The van der Waals surface area contributed by atoms with E-state index in [1.807, 2.05) is 0 Å². The Labute approximate surface area is 44.9 Å². The summed E-state index contributed by atoms with van der Waals surface area (Å²) in [6.07, 6.45) is 0. The lowest BCUT2D eigenvalue weighted by Gasteiger charge is -1.62. The van der Waals surface area contributed by atoms with Crippen LogP contribution in [0.25, 0.3) is 0 Å². The third-order valence-corrected chi connectivity index (χ3v) is 0. The van der Waals surface area contributed by atoms with Gasteiger partial charge in [0.25, 0.3) is 6.70 Å². The smallest absolute Gasteiger partial charge is 0.205 e. The Bertz CT molecular complexity index is 90.8. The first kappa shape index (κ1) is 5.91. The summed E-state index contributed by atoms with van der Waals surface area (Å²) >= 11 is 4.53. The van der Waals surface area contributed by atoms with Crippen LogP contribution in [-0.4, -0.2) is 8.42 Å². The molecule has 0 aliphatic heterocycles. The first-order chi connectivity index (χ1) is 2.00. The van der Waals surface area contributed by atoms with Gasteiger partial charge in [-0.1, -0.05) is 0 Å². The van der Waals surface area contributed by atoms with Gasteiger partial charge in [0, 0.05) is 0 Å². The van der Waals surface area contributed by atoms with E-state index in [0.29, 0.717) is 0 Å². The maximum Gasteiger partial charge on any atom is 0.268 e. The van der Waals surface area contributed by atoms with Crippen molar-refractivity contribution in [3.63, 3.8) is 0 Å². The van der Waals surface area contributed by atoms with E-state index in [9.17, 15) is 8.42 Å². The van der Waals surface area contributed by atoms with Crippen LogP contribution in [0.5, 0.6) is 0 Å². The van der Waals surface area contributed by atoms with Crippen molar-refractivity contribution in [2.24, 2.45) is 0 Å². The van der Waals surface area contributed by atoms with Gasteiger partial charge in [0.05, 0.1) is 29.6 Å². The van der Waals surface area contributed by atoms with Crippen LogP contribution in [0.2, 0.25) is 0 Å². The van der Waals surface area contributed by atoms with Gasteiger partial charge in [0.15, 0.2) is 0 Å². The molecule has 0 N–H and O–H groups in total. The van der Waals surface area contributed by atoms with Crippen molar-refractivity contribution >= 4 is 36.3 Å². The predicted molar refractivity (Wildman–Crippen MR) is 26.8 cm³/mol. The summed E-state index contributed by atoms with van der Waals surface area (Å²) < 4.78 is 18.9. The molecule has 0 saturated carbocycles. The SMILES string of the molecule is O=S(=O)(Br)Br. The second-order valence-electron chi connectivity index (χ2n) is 0.378. The zero-order chi connectivity index (χ0) is 4.50. The topological polar surface area (TPSA) is 34.1 Å². The van der Waals surface area contributed by atoms with Crippen molar-refractivity contribution in [3.05, 3.63) is 0 Å². The van der Waals surface area contributed by atoms with Crippen molar-refractivity contribution in [2.75, 3.05) is 0 Å². The van der Waals surface area contributed by atoms with Crippen molar-refractivity contribution in [1.82, 2.24) is 0 Å². The summed E-state index contributed by atoms with van der Waals surface area (Å²) in [5.74, 6) is 0. The average molecular weight is 224 g/mol. The monoisotopic (exact) mass is 222 g/mol. The van der Waals surface area contributed by atoms with E-state index in [1.54, 1.807) is 0 Å². The standard InChI is InChI=1S/Br2O2S/c1-5(2,3)4. The van der Waals surface area contributed by atoms with E-state index >= 15 is 0 Å². The summed E-state index contributed by atoms with van der Waals surface area (Å²) in [5, 5.41) is 0. The Balaban J connectivity index is 4.06. The second-order valence-corrected chi connectivity index (χ2v) is 8.86. The molecule has 0 saturated heterocycles. The van der Waals surface area contributed by atoms with Crippen molar-refractivity contribution in [1.29, 1.82) is 0 Å². The van der Waals surface area contributed by atoms with Crippen LogP contribution < -0.4 is 0 Å². The first-order valence-electron chi connectivity index (χ1n) is 0.642. The average Bonchev–Trinajstić information content (AvgIpc) is 0.722. The predicted octanol–water partition coefficient (Wildman–Crippen LogP) is 1.02. The van der Waals surface area contributed by atoms with Crippen LogP contribution >= 0.6 is 29.6 Å². The van der Waals surface area contributed by atoms with Crippen molar-refractivity contribution in [3.8, 4) is 0 Å². The van der Waals surface area contributed by atoms with Crippen LogP contribution in [-0.2, 0) is 6.70 Å². The Morgan fingerprint density at radius 3 is 1.20 bits per heavy atom. The summed E-state index contributed by atoms with van der Waals surface area (Å²) in [5.41, 5.74) is 0. The van der Waals surface area contributed by atoms with Crippen LogP contribution in [0, 0.1) is 0 Å². The third kappa shape index (κ3) is 50.2. The molecule has 5 heavy (non-hydrogen) atoms. The summed E-state index contributed by atoms with van der Waals surface area (Å²) in [6, 6.07) is 0. The van der Waals surface area contributed by atoms with Gasteiger partial charge in [-0.25, -0.2) is 8.42 Å². The largest absolute Gasteiger partial charge is 0.268 e. The molecule has 0 unspecified atom stereocenters. The lowest BCUT2D eigenvalue weighted by molar-refractivity contribution is 0.625. The van der Waals surface area contributed by atoms with Gasteiger partial charge < -0.3 is 0 Å². The van der Waals surface area contributed by atoms with Gasteiger partial charge >= 0.3 is 0 Å². The van der Waals surface area contributed by atoms with Gasteiger partial charge in [0.1, 0.15) is 0 Å². The highest BCUT2D eigenvalue weighted by molar-refractivity contribution is 9.79. The highest BCUT2D eigenvalue weighted by Gasteiger charge is 1.87. The van der Waals surface area contributed by atoms with Gasteiger partial charge in [-0.3, -0.25) is 0 Å². The molecular formula is Br2O2S. The molecule has 0 aromatic rings. The summed E-state index contributed by atoms with van der Waals surface area (Å²) in [7, 11) is 0. The zero-order valence-electron chi connectivity index (χ0n) is 1.98. The van der Waals surface area contributed by atoms with Gasteiger partial charge in [-0.2, -0.15) is 0 Å². The normalized spacial score (nSPS) is 11.6. The number of rotatable bonds is 0. The maximum atomic E-state index is 9.47. The van der Waals surface area contributed by atoms with Gasteiger partial charge in [-0.05, 0) is 0 Å². The van der Waals surface area contributed by atoms with E-state index in [2.05, 4.69) is 29.6 Å². The first-order valence-corrected chi connectivity index (χ1v) is 5.81. The third-order valence-electron chi connectivity index (χ3n) is 0. The lowest BCUT2D eigenvalue weighted by Crippen LogP contribution is -1.60. The van der Waals surface area contributed by atoms with Crippen molar-refractivity contribution < 1.29 is 8.42 Å². The fourth-order valence-electron chi connectivity index (χ4n) is 0. The molecule has 0 aliphatic carbocycles. The van der Waals surface area contributed by atoms with Crippen LogP contribution in [0.3, 0.4) is 0 Å². The molecule has 32 valence electrons. The Kier molecular flexibility index (Phi) is 1.86. The molecule has 0 rings (SSSR count). The summed E-state index contributed by atoms with van der Waals surface area (Å²) in [6.45, 7) is -3.04. The number of halogens is 2. The van der Waals surface area contributed by atoms with E-state index < -0.39 is 6.70 Å². The highest BCUT2D eigenvalue weighted by atomic mass is 79.9. The molecule has 0 atom stereocenters. The quantitative estimate of drug-likeness (QED) is 0.575. The fourth-order valence-corrected chi connectivity index (χ4v) is 0. The molecular weight excluding hydrogens is 224 g/mol. The van der Waals surface area contributed by atoms with E-state index in [0.717, 1.165) is 0 Å². The molecule has 0 radical (unpaired) electrons. The Morgan fingerprint density at radius 1 is 1.20 bits per heavy atom. The lowest BCUT2D eigenvalue weighted by atomic mass is 15.9. The molecule has 0 aromatic heterocycles. The minimum Gasteiger partial charge on any atom is -0.205 e. The number of hydrogen-bond donors (Lipinski definition) is 0. The number of hydrogen-bond acceptors (Lipinski definition) is 2. The second kappa shape index (κ2) is 1.57. The molecule has 0 spiro atoms. The van der Waals surface area contributed by atoms with Crippen LogP contribution in [0.1, 0.15) is 0 Å². The van der Waals surface area contributed by atoms with E-state index in [-0.39, 0.29) is 0 Å². The zero-order valence-corrected chi connectivity index (χ0v) is 5.97. The van der Waals surface area contributed by atoms with Gasteiger partial charge in [0.2, 0.25) is 0 Å². The van der Waals surface area contributed by atoms with Crippen LogP contribution in [0.4, 0.5) is 0 Å². The Morgan fingerprint density at radius 2 is 1.20 bits per heavy atom. The van der Waals surface area contributed by atoms with Gasteiger partial charge in [-0.15, -0.1) is 0 Å². The summed E-state index contributed by atoms with van der Waals surface area (Å²) in [4.78, 5) is 0. The molecule has 5 heteroatoms. The highest BCUT2D eigenvalue weighted by Crippen LogP contribution is 2.06. The van der Waals surface area contributed by atoms with Crippen molar-refractivity contribution in [2.45, 2.75) is 0 Å². The molecule has 0 aromatic carbocycles. The molecule has 2 nitrogen and oxygen atoms in total. The fraction of sp³-hybridized carbons (Fsp3) is 0.